The molecule has 3 N–H and O–H groups in total. The molecular formula is C19H17BrN2O5. The minimum Gasteiger partial charge on any atom is -0.454 e. The van der Waals surface area contributed by atoms with Gasteiger partial charge in [-0.25, -0.2) is 0 Å². The highest BCUT2D eigenvalue weighted by molar-refractivity contribution is 9.10. The molecule has 1 aliphatic rings. The first-order valence-corrected chi connectivity index (χ1v) is 8.93. The largest absolute Gasteiger partial charge is 0.454 e. The number of ether oxygens (including phenoxy) is 2. The summed E-state index contributed by atoms with van der Waals surface area (Å²) in [5.74, 6) is 0.251. The average molecular weight is 433 g/mol. The lowest BCUT2D eigenvalue weighted by atomic mass is 10.1. The molecule has 2 aromatic carbocycles. The van der Waals surface area contributed by atoms with Gasteiger partial charge in [0.25, 0.3) is 11.8 Å². The van der Waals surface area contributed by atoms with Crippen LogP contribution in [0.3, 0.4) is 0 Å². The first-order chi connectivity index (χ1) is 13.1. The van der Waals surface area contributed by atoms with Crippen LogP contribution in [0.2, 0.25) is 0 Å². The number of fused-ring (bicyclic) bond motifs is 1. The van der Waals surface area contributed by atoms with Crippen molar-refractivity contribution < 1.29 is 24.2 Å². The van der Waals surface area contributed by atoms with Crippen molar-refractivity contribution in [3.8, 4) is 11.5 Å². The highest BCUT2D eigenvalue weighted by Crippen LogP contribution is 2.33. The number of hydrogen-bond acceptors (Lipinski definition) is 5. The van der Waals surface area contributed by atoms with Crippen LogP contribution >= 0.6 is 15.9 Å². The van der Waals surface area contributed by atoms with E-state index in [1.165, 1.54) is 6.08 Å². The number of benzene rings is 2. The molecule has 1 aliphatic heterocycles. The van der Waals surface area contributed by atoms with E-state index in [4.69, 9.17) is 14.6 Å². The topological polar surface area (TPSA) is 96.9 Å². The molecule has 0 saturated carbocycles. The maximum absolute atomic E-state index is 12.5. The first-order valence-electron chi connectivity index (χ1n) is 8.14. The Morgan fingerprint density at radius 3 is 2.74 bits per heavy atom. The molecule has 8 heteroatoms. The lowest BCUT2D eigenvalue weighted by molar-refractivity contribution is -0.117. The Hall–Kier alpha value is -2.84. The molecule has 0 aliphatic carbocycles. The van der Waals surface area contributed by atoms with E-state index in [0.717, 1.165) is 4.47 Å². The van der Waals surface area contributed by atoms with Gasteiger partial charge in [0.15, 0.2) is 11.5 Å². The predicted molar refractivity (Wildman–Crippen MR) is 102 cm³/mol. The molecule has 2 aromatic rings. The van der Waals surface area contributed by atoms with E-state index in [2.05, 4.69) is 26.6 Å². The van der Waals surface area contributed by atoms with Gasteiger partial charge >= 0.3 is 0 Å². The van der Waals surface area contributed by atoms with E-state index >= 15 is 0 Å². The van der Waals surface area contributed by atoms with Crippen molar-refractivity contribution in [2.24, 2.45) is 0 Å². The summed E-state index contributed by atoms with van der Waals surface area (Å²) in [6.07, 6.45) is 1.53. The zero-order chi connectivity index (χ0) is 19.2. The maximum Gasteiger partial charge on any atom is 0.267 e. The van der Waals surface area contributed by atoms with Crippen LogP contribution in [0.25, 0.3) is 6.08 Å². The summed E-state index contributed by atoms with van der Waals surface area (Å²) in [5.41, 5.74) is 1.10. The van der Waals surface area contributed by atoms with E-state index in [0.29, 0.717) is 22.6 Å². The fourth-order valence-corrected chi connectivity index (χ4v) is 2.82. The third kappa shape index (κ3) is 4.87. The van der Waals surface area contributed by atoms with Crippen LogP contribution in [-0.4, -0.2) is 36.9 Å². The lowest BCUT2D eigenvalue weighted by Crippen LogP contribution is -2.36. The van der Waals surface area contributed by atoms with Crippen molar-refractivity contribution >= 4 is 33.8 Å². The number of carbonyl (C=O) groups is 2. The molecule has 0 saturated heterocycles. The standard InChI is InChI=1S/C19H17BrN2O5/c20-14-3-1-2-13(10-14)18(24)22-15(19(25)21-6-7-23)8-12-4-5-16-17(9-12)27-11-26-16/h1-5,8-10,23H,6-7,11H2,(H,21,25)(H,22,24)/b15-8-. The summed E-state index contributed by atoms with van der Waals surface area (Å²) in [5, 5.41) is 14.1. The van der Waals surface area contributed by atoms with Gasteiger partial charge < -0.3 is 25.2 Å². The van der Waals surface area contributed by atoms with Crippen LogP contribution in [0, 0.1) is 0 Å². The number of hydrogen-bond donors (Lipinski definition) is 3. The summed E-state index contributed by atoms with van der Waals surface area (Å²) >= 11 is 3.31. The van der Waals surface area contributed by atoms with Crippen LogP contribution in [0.4, 0.5) is 0 Å². The Labute approximate surface area is 164 Å². The molecule has 0 atom stereocenters. The predicted octanol–water partition coefficient (Wildman–Crippen LogP) is 2.06. The molecule has 7 nitrogen and oxygen atoms in total. The van der Waals surface area contributed by atoms with Crippen molar-refractivity contribution in [2.75, 3.05) is 19.9 Å². The van der Waals surface area contributed by atoms with Gasteiger partial charge in [0, 0.05) is 16.6 Å². The van der Waals surface area contributed by atoms with Crippen molar-refractivity contribution in [1.29, 1.82) is 0 Å². The van der Waals surface area contributed by atoms with Gasteiger partial charge in [-0.2, -0.15) is 0 Å². The van der Waals surface area contributed by atoms with Crippen molar-refractivity contribution in [1.82, 2.24) is 10.6 Å². The summed E-state index contributed by atoms with van der Waals surface area (Å²) in [6.45, 7) is 0.0126. The molecule has 140 valence electrons. The van der Waals surface area contributed by atoms with E-state index in [-0.39, 0.29) is 25.6 Å². The van der Waals surface area contributed by atoms with Gasteiger partial charge in [-0.05, 0) is 42.0 Å². The van der Waals surface area contributed by atoms with Crippen LogP contribution in [-0.2, 0) is 4.79 Å². The smallest absolute Gasteiger partial charge is 0.267 e. The lowest BCUT2D eigenvalue weighted by Gasteiger charge is -2.11. The van der Waals surface area contributed by atoms with Crippen molar-refractivity contribution in [2.45, 2.75) is 0 Å². The van der Waals surface area contributed by atoms with Gasteiger partial charge in [-0.1, -0.05) is 28.1 Å². The second kappa shape index (κ2) is 8.70. The Morgan fingerprint density at radius 1 is 1.15 bits per heavy atom. The third-order valence-electron chi connectivity index (χ3n) is 3.68. The quantitative estimate of drug-likeness (QED) is 0.607. The van der Waals surface area contributed by atoms with Gasteiger partial charge in [-0.3, -0.25) is 9.59 Å². The molecule has 0 fully saturated rings. The summed E-state index contributed by atoms with van der Waals surface area (Å²) in [7, 11) is 0. The number of carbonyl (C=O) groups excluding carboxylic acids is 2. The SMILES string of the molecule is O=C(NCCO)/C(=C/c1ccc2c(c1)OCO2)NC(=O)c1cccc(Br)c1. The highest BCUT2D eigenvalue weighted by Gasteiger charge is 2.17. The molecule has 1 heterocycles. The molecule has 0 spiro atoms. The van der Waals surface area contributed by atoms with Gasteiger partial charge in [0.05, 0.1) is 6.61 Å². The van der Waals surface area contributed by atoms with Gasteiger partial charge in [0.1, 0.15) is 5.70 Å². The maximum atomic E-state index is 12.5. The zero-order valence-electron chi connectivity index (χ0n) is 14.2. The van der Waals surface area contributed by atoms with Crippen molar-refractivity contribution in [3.63, 3.8) is 0 Å². The van der Waals surface area contributed by atoms with Crippen LogP contribution in [0.5, 0.6) is 11.5 Å². The van der Waals surface area contributed by atoms with Crippen LogP contribution in [0.1, 0.15) is 15.9 Å². The number of aliphatic hydroxyl groups is 1. The second-order valence-corrected chi connectivity index (χ2v) is 6.53. The fraction of sp³-hybridized carbons (Fsp3) is 0.158. The number of aliphatic hydroxyl groups excluding tert-OH is 1. The normalized spacial score (nSPS) is 12.6. The zero-order valence-corrected chi connectivity index (χ0v) is 15.8. The number of nitrogens with one attached hydrogen (secondary N) is 2. The first kappa shape index (κ1) is 18.9. The van der Waals surface area contributed by atoms with Crippen LogP contribution < -0.4 is 20.1 Å². The Balaban J connectivity index is 1.86. The summed E-state index contributed by atoms with van der Waals surface area (Å²) < 4.78 is 11.4. The Kier molecular flexibility index (Phi) is 6.10. The molecule has 3 rings (SSSR count). The Bertz CT molecular complexity index is 897. The van der Waals surface area contributed by atoms with Gasteiger partial charge in [0.2, 0.25) is 6.79 Å². The van der Waals surface area contributed by atoms with E-state index in [1.807, 2.05) is 0 Å². The molecular weight excluding hydrogens is 416 g/mol. The number of amides is 2. The second-order valence-electron chi connectivity index (χ2n) is 5.61. The number of rotatable bonds is 6. The summed E-state index contributed by atoms with van der Waals surface area (Å²) in [6, 6.07) is 12.0. The minimum atomic E-state index is -0.509. The fourth-order valence-electron chi connectivity index (χ4n) is 2.42. The summed E-state index contributed by atoms with van der Waals surface area (Å²) in [4.78, 5) is 24.9. The monoisotopic (exact) mass is 432 g/mol. The van der Waals surface area contributed by atoms with Gasteiger partial charge in [-0.15, -0.1) is 0 Å². The molecule has 0 bridgehead atoms. The highest BCUT2D eigenvalue weighted by atomic mass is 79.9. The molecule has 0 unspecified atom stereocenters. The molecule has 0 aromatic heterocycles. The van der Waals surface area contributed by atoms with Crippen molar-refractivity contribution in [3.05, 3.63) is 63.8 Å². The average Bonchev–Trinajstić information content (AvgIpc) is 3.13. The Morgan fingerprint density at radius 2 is 1.96 bits per heavy atom. The van der Waals surface area contributed by atoms with E-state index in [1.54, 1.807) is 42.5 Å². The molecule has 27 heavy (non-hydrogen) atoms. The number of halogens is 1. The third-order valence-corrected chi connectivity index (χ3v) is 4.18. The minimum absolute atomic E-state index is 0.0484. The van der Waals surface area contributed by atoms with Crippen LogP contribution in [0.15, 0.2) is 52.6 Å². The van der Waals surface area contributed by atoms with E-state index in [9.17, 15) is 9.59 Å². The molecule has 2 amide bonds. The van der Waals surface area contributed by atoms with E-state index < -0.39 is 11.8 Å². The molecule has 0 radical (unpaired) electrons.